The average Bonchev–Trinajstić information content (AvgIpc) is 2.86. The SMILES string of the molecule is CC(CO)(CO)CO.CCC(C)CC.CCC(CO)(CO)CO.OCCN(CCO)CCO. The lowest BCUT2D eigenvalue weighted by molar-refractivity contribution is 0.00304. The molecule has 0 saturated heterocycles. The Kier molecular flexibility index (Phi) is 33.6. The summed E-state index contributed by atoms with van der Waals surface area (Å²) in [6.45, 7) is 10.9. The molecule has 0 aliphatic rings. The topological polar surface area (TPSA) is 185 Å². The van der Waals surface area contributed by atoms with Gasteiger partial charge in [-0.1, -0.05) is 47.5 Å². The van der Waals surface area contributed by atoms with Gasteiger partial charge in [-0.2, -0.15) is 0 Å². The Balaban J connectivity index is -0.000000173. The molecule has 0 radical (unpaired) electrons. The normalized spacial score (nSPS) is 11.3. The second kappa shape index (κ2) is 27.8. The van der Waals surface area contributed by atoms with E-state index in [1.54, 1.807) is 11.8 Å². The highest BCUT2D eigenvalue weighted by atomic mass is 16.3. The van der Waals surface area contributed by atoms with E-state index in [-0.39, 0.29) is 59.5 Å². The highest BCUT2D eigenvalue weighted by Gasteiger charge is 2.24. The van der Waals surface area contributed by atoms with Crippen LogP contribution < -0.4 is 0 Å². The van der Waals surface area contributed by atoms with Gasteiger partial charge in [0.15, 0.2) is 0 Å². The van der Waals surface area contributed by atoms with Crippen LogP contribution in [0.4, 0.5) is 0 Å². The molecule has 0 fully saturated rings. The van der Waals surface area contributed by atoms with Crippen LogP contribution in [0.15, 0.2) is 0 Å². The number of rotatable bonds is 15. The Morgan fingerprint density at radius 2 is 0.879 bits per heavy atom. The second-order valence-corrected chi connectivity index (χ2v) is 8.55. The molecule has 0 unspecified atom stereocenters. The first-order chi connectivity index (χ1) is 15.6. The molecule has 0 amide bonds. The van der Waals surface area contributed by atoms with Gasteiger partial charge in [0.25, 0.3) is 0 Å². The Morgan fingerprint density at radius 3 is 0.939 bits per heavy atom. The minimum atomic E-state index is -0.708. The van der Waals surface area contributed by atoms with Crippen molar-refractivity contribution in [3.63, 3.8) is 0 Å². The van der Waals surface area contributed by atoms with E-state index < -0.39 is 10.8 Å². The Bertz CT molecular complexity index is 311. The van der Waals surface area contributed by atoms with Crippen LogP contribution in [0.1, 0.15) is 53.9 Å². The maximum atomic E-state index is 8.66. The van der Waals surface area contributed by atoms with Gasteiger partial charge < -0.3 is 46.0 Å². The van der Waals surface area contributed by atoms with Crippen molar-refractivity contribution in [2.24, 2.45) is 16.7 Å². The lowest BCUT2D eigenvalue weighted by Crippen LogP contribution is -2.32. The van der Waals surface area contributed by atoms with Gasteiger partial charge in [-0.05, 0) is 12.3 Å². The van der Waals surface area contributed by atoms with Crippen molar-refractivity contribution in [1.82, 2.24) is 4.90 Å². The molecule has 0 aromatic heterocycles. The molecule has 0 aromatic rings. The van der Waals surface area contributed by atoms with Crippen molar-refractivity contribution < 1.29 is 46.0 Å². The molecule has 10 heteroatoms. The van der Waals surface area contributed by atoms with Crippen molar-refractivity contribution in [2.75, 3.05) is 79.1 Å². The number of hydrogen-bond acceptors (Lipinski definition) is 10. The smallest absolute Gasteiger partial charge is 0.0558 e. The molecule has 0 spiro atoms. The van der Waals surface area contributed by atoms with Crippen LogP contribution in [-0.4, -0.2) is 130 Å². The minimum absolute atomic E-state index is 0.0694. The van der Waals surface area contributed by atoms with E-state index in [9.17, 15) is 0 Å². The van der Waals surface area contributed by atoms with Gasteiger partial charge in [-0.25, -0.2) is 0 Å². The van der Waals surface area contributed by atoms with E-state index in [1.807, 2.05) is 6.92 Å². The first kappa shape index (κ1) is 39.8. The van der Waals surface area contributed by atoms with Crippen molar-refractivity contribution >= 4 is 0 Å². The third kappa shape index (κ3) is 24.5. The van der Waals surface area contributed by atoms with Crippen LogP contribution in [0.25, 0.3) is 0 Å². The molecular weight excluding hydrogens is 434 g/mol. The van der Waals surface area contributed by atoms with Crippen LogP contribution >= 0.6 is 0 Å². The van der Waals surface area contributed by atoms with Crippen LogP contribution in [0, 0.1) is 16.7 Å². The number of hydrogen-bond donors (Lipinski definition) is 9. The third-order valence-corrected chi connectivity index (χ3v) is 5.54. The van der Waals surface area contributed by atoms with Crippen LogP contribution in [0.3, 0.4) is 0 Å². The standard InChI is InChI=1S/C6H15NO3.C6H14O3.C6H14.C5H12O3/c8-4-1-7(2-5-9)3-6-10;1-2-6(3-7,4-8)5-9;1-4-6(3)5-2;1-5(2-6,3-7)4-8/h8-10H,1-6H2;7-9H,2-5H2,1H3;6H,4-5H2,1-3H3;6-8H,2-4H2,1H3. The van der Waals surface area contributed by atoms with Gasteiger partial charge in [0.1, 0.15) is 0 Å². The summed E-state index contributed by atoms with van der Waals surface area (Å²) in [5, 5.41) is 76.8. The summed E-state index contributed by atoms with van der Waals surface area (Å²) in [5.41, 5.74) is -1.38. The molecule has 0 aliphatic carbocycles. The van der Waals surface area contributed by atoms with E-state index in [0.29, 0.717) is 26.1 Å². The van der Waals surface area contributed by atoms with Gasteiger partial charge >= 0.3 is 0 Å². The van der Waals surface area contributed by atoms with Gasteiger partial charge in [0, 0.05) is 30.5 Å². The fourth-order valence-electron chi connectivity index (χ4n) is 1.68. The molecule has 0 saturated carbocycles. The molecule has 0 heterocycles. The van der Waals surface area contributed by atoms with Gasteiger partial charge in [0.05, 0.1) is 59.5 Å². The summed E-state index contributed by atoms with van der Waals surface area (Å²) in [7, 11) is 0. The summed E-state index contributed by atoms with van der Waals surface area (Å²) in [6.07, 6.45) is 3.25. The fourth-order valence-corrected chi connectivity index (χ4v) is 1.68. The van der Waals surface area contributed by atoms with Gasteiger partial charge in [-0.3, -0.25) is 4.90 Å². The number of nitrogens with zero attached hydrogens (tertiary/aromatic N) is 1. The summed E-state index contributed by atoms with van der Waals surface area (Å²) in [5.74, 6) is 0.935. The van der Waals surface area contributed by atoms with Crippen molar-refractivity contribution in [3.8, 4) is 0 Å². The zero-order chi connectivity index (χ0) is 26.8. The van der Waals surface area contributed by atoms with Gasteiger partial charge in [-0.15, -0.1) is 0 Å². The maximum Gasteiger partial charge on any atom is 0.0558 e. The molecule has 0 bridgehead atoms. The highest BCUT2D eigenvalue weighted by molar-refractivity contribution is 4.74. The molecule has 0 aromatic carbocycles. The lowest BCUT2D eigenvalue weighted by atomic mass is 9.88. The molecule has 206 valence electrons. The predicted molar refractivity (Wildman–Crippen MR) is 131 cm³/mol. The zero-order valence-corrected chi connectivity index (χ0v) is 21.7. The van der Waals surface area contributed by atoms with Crippen molar-refractivity contribution in [1.29, 1.82) is 0 Å². The van der Waals surface area contributed by atoms with Gasteiger partial charge in [0.2, 0.25) is 0 Å². The van der Waals surface area contributed by atoms with Crippen molar-refractivity contribution in [2.45, 2.75) is 53.9 Å². The summed E-state index contributed by atoms with van der Waals surface area (Å²) in [6, 6.07) is 0. The first-order valence-corrected chi connectivity index (χ1v) is 11.8. The molecule has 33 heavy (non-hydrogen) atoms. The zero-order valence-electron chi connectivity index (χ0n) is 21.7. The second-order valence-electron chi connectivity index (χ2n) is 8.55. The van der Waals surface area contributed by atoms with E-state index in [0.717, 1.165) is 5.92 Å². The first-order valence-electron chi connectivity index (χ1n) is 11.8. The molecule has 0 rings (SSSR count). The van der Waals surface area contributed by atoms with Crippen LogP contribution in [-0.2, 0) is 0 Å². The highest BCUT2D eigenvalue weighted by Crippen LogP contribution is 2.18. The van der Waals surface area contributed by atoms with E-state index >= 15 is 0 Å². The fraction of sp³-hybridized carbons (Fsp3) is 1.00. The molecule has 9 N–H and O–H groups in total. The third-order valence-electron chi connectivity index (χ3n) is 5.54. The quantitative estimate of drug-likeness (QED) is 0.139. The van der Waals surface area contributed by atoms with Crippen molar-refractivity contribution in [3.05, 3.63) is 0 Å². The van der Waals surface area contributed by atoms with E-state index in [2.05, 4.69) is 20.8 Å². The number of aliphatic hydroxyl groups excluding tert-OH is 9. The maximum absolute atomic E-state index is 8.66. The largest absolute Gasteiger partial charge is 0.396 e. The average molecular weight is 490 g/mol. The molecular formula is C23H55NO9. The van der Waals surface area contributed by atoms with E-state index in [1.165, 1.54) is 12.8 Å². The van der Waals surface area contributed by atoms with Crippen LogP contribution in [0.2, 0.25) is 0 Å². The summed E-state index contributed by atoms with van der Waals surface area (Å²) in [4.78, 5) is 1.79. The monoisotopic (exact) mass is 489 g/mol. The Morgan fingerprint density at radius 1 is 0.576 bits per heavy atom. The Labute approximate surface area is 201 Å². The Hall–Kier alpha value is -0.400. The minimum Gasteiger partial charge on any atom is -0.396 e. The van der Waals surface area contributed by atoms with Crippen LogP contribution in [0.5, 0.6) is 0 Å². The predicted octanol–water partition coefficient (Wildman–Crippen LogP) is -0.963. The number of aliphatic hydroxyl groups is 9. The molecule has 10 nitrogen and oxygen atoms in total. The molecule has 0 aliphatic heterocycles. The summed E-state index contributed by atoms with van der Waals surface area (Å²) >= 11 is 0. The molecule has 0 atom stereocenters. The summed E-state index contributed by atoms with van der Waals surface area (Å²) < 4.78 is 0. The lowest BCUT2D eigenvalue weighted by Gasteiger charge is -2.24. The van der Waals surface area contributed by atoms with E-state index in [4.69, 9.17) is 46.0 Å².